The average Bonchev–Trinajstić information content (AvgIpc) is 2.51. The standard InChI is InChI=1S/C10H14BrIO4/c1-3-4-6(13)7-8(11)10(5-12,15-2)16-9(7)14/h6,13H,3-5H2,1-2H3/t6-,10+/m0/s1. The van der Waals surface area contributed by atoms with Gasteiger partial charge in [-0.3, -0.25) is 0 Å². The third-order valence-corrected chi connectivity index (χ3v) is 4.48. The lowest BCUT2D eigenvalue weighted by Crippen LogP contribution is -2.34. The molecule has 1 heterocycles. The number of halogens is 2. The van der Waals surface area contributed by atoms with Crippen molar-refractivity contribution in [3.8, 4) is 0 Å². The van der Waals surface area contributed by atoms with Crippen LogP contribution in [0.25, 0.3) is 0 Å². The molecule has 0 saturated carbocycles. The minimum Gasteiger partial charge on any atom is -0.424 e. The first-order valence-corrected chi connectivity index (χ1v) is 7.27. The first-order chi connectivity index (χ1) is 7.52. The molecule has 2 atom stereocenters. The minimum absolute atomic E-state index is 0.278. The molecule has 1 aliphatic rings. The number of carbonyl (C=O) groups excluding carboxylic acids is 1. The molecular weight excluding hydrogens is 391 g/mol. The molecule has 0 bridgehead atoms. The van der Waals surface area contributed by atoms with Gasteiger partial charge in [0.05, 0.1) is 20.6 Å². The highest BCUT2D eigenvalue weighted by Crippen LogP contribution is 2.40. The number of alkyl halides is 1. The summed E-state index contributed by atoms with van der Waals surface area (Å²) >= 11 is 5.38. The number of hydrogen-bond donors (Lipinski definition) is 1. The van der Waals surface area contributed by atoms with Crippen molar-refractivity contribution in [3.63, 3.8) is 0 Å². The molecule has 4 nitrogen and oxygen atoms in total. The largest absolute Gasteiger partial charge is 0.424 e. The Morgan fingerprint density at radius 3 is 2.69 bits per heavy atom. The number of aliphatic hydroxyl groups excluding tert-OH is 1. The molecule has 0 fully saturated rings. The SMILES string of the molecule is CCC[C@H](O)C1=C(Br)[C@](CI)(OC)OC1=O. The lowest BCUT2D eigenvalue weighted by molar-refractivity contribution is -0.180. The molecule has 92 valence electrons. The maximum Gasteiger partial charge on any atom is 0.340 e. The van der Waals surface area contributed by atoms with Gasteiger partial charge in [-0.25, -0.2) is 4.79 Å². The van der Waals surface area contributed by atoms with E-state index < -0.39 is 17.9 Å². The van der Waals surface area contributed by atoms with Gasteiger partial charge in [-0.05, 0) is 22.4 Å². The van der Waals surface area contributed by atoms with Gasteiger partial charge in [0, 0.05) is 7.11 Å². The Hall–Kier alpha value is 0.340. The quantitative estimate of drug-likeness (QED) is 0.433. The Morgan fingerprint density at radius 2 is 2.31 bits per heavy atom. The van der Waals surface area contributed by atoms with E-state index in [4.69, 9.17) is 9.47 Å². The number of esters is 1. The van der Waals surface area contributed by atoms with Crippen molar-refractivity contribution in [2.75, 3.05) is 11.5 Å². The summed E-state index contributed by atoms with van der Waals surface area (Å²) in [4.78, 5) is 11.7. The summed E-state index contributed by atoms with van der Waals surface area (Å²) in [5.41, 5.74) is 0.278. The molecule has 0 aliphatic carbocycles. The molecule has 1 N–H and O–H groups in total. The van der Waals surface area contributed by atoms with Crippen LogP contribution in [0, 0.1) is 0 Å². The van der Waals surface area contributed by atoms with Crippen molar-refractivity contribution in [2.45, 2.75) is 31.7 Å². The third-order valence-electron chi connectivity index (χ3n) is 2.45. The second-order valence-electron chi connectivity index (χ2n) is 3.51. The smallest absolute Gasteiger partial charge is 0.340 e. The van der Waals surface area contributed by atoms with E-state index in [0.717, 1.165) is 6.42 Å². The number of hydrogen-bond acceptors (Lipinski definition) is 4. The first-order valence-electron chi connectivity index (χ1n) is 4.95. The van der Waals surface area contributed by atoms with Gasteiger partial charge in [-0.1, -0.05) is 35.9 Å². The lowest BCUT2D eigenvalue weighted by Gasteiger charge is -2.24. The molecular formula is C10H14BrIO4. The van der Waals surface area contributed by atoms with Gasteiger partial charge in [0.15, 0.2) is 0 Å². The third kappa shape index (κ3) is 2.44. The molecule has 0 amide bonds. The summed E-state index contributed by atoms with van der Waals surface area (Å²) in [7, 11) is 1.47. The van der Waals surface area contributed by atoms with Gasteiger partial charge in [-0.15, -0.1) is 0 Å². The maximum absolute atomic E-state index is 11.7. The average molecular weight is 405 g/mol. The predicted molar refractivity (Wildman–Crippen MR) is 71.6 cm³/mol. The molecule has 6 heteroatoms. The molecule has 0 aromatic carbocycles. The lowest BCUT2D eigenvalue weighted by atomic mass is 10.1. The normalized spacial score (nSPS) is 27.2. The van der Waals surface area contributed by atoms with Crippen LogP contribution in [0.4, 0.5) is 0 Å². The highest BCUT2D eigenvalue weighted by molar-refractivity contribution is 14.1. The zero-order chi connectivity index (χ0) is 12.3. The fourth-order valence-electron chi connectivity index (χ4n) is 1.52. The van der Waals surface area contributed by atoms with Crippen LogP contribution in [0.2, 0.25) is 0 Å². The van der Waals surface area contributed by atoms with Crippen LogP contribution in [0.15, 0.2) is 10.1 Å². The van der Waals surface area contributed by atoms with Crippen LogP contribution >= 0.6 is 38.5 Å². The molecule has 0 radical (unpaired) electrons. The molecule has 0 aromatic rings. The fourth-order valence-corrected chi connectivity index (χ4v) is 3.70. The summed E-state index contributed by atoms with van der Waals surface area (Å²) in [6, 6.07) is 0. The van der Waals surface area contributed by atoms with Crippen molar-refractivity contribution >= 4 is 44.5 Å². The fraction of sp³-hybridized carbons (Fsp3) is 0.700. The predicted octanol–water partition coefficient (Wildman–Crippen LogP) is 2.13. The summed E-state index contributed by atoms with van der Waals surface area (Å²) in [5, 5.41) is 9.87. The van der Waals surface area contributed by atoms with Gasteiger partial charge >= 0.3 is 5.97 Å². The van der Waals surface area contributed by atoms with Crippen molar-refractivity contribution in [1.82, 2.24) is 0 Å². The van der Waals surface area contributed by atoms with Gasteiger partial charge < -0.3 is 14.6 Å². The van der Waals surface area contributed by atoms with E-state index in [-0.39, 0.29) is 5.57 Å². The summed E-state index contributed by atoms with van der Waals surface area (Å²) in [6.07, 6.45) is 0.523. The van der Waals surface area contributed by atoms with E-state index in [2.05, 4.69) is 38.5 Å². The Labute approximate surface area is 117 Å². The number of methoxy groups -OCH3 is 1. The molecule has 0 unspecified atom stereocenters. The highest BCUT2D eigenvalue weighted by Gasteiger charge is 2.48. The van der Waals surface area contributed by atoms with Crippen LogP contribution in [-0.2, 0) is 14.3 Å². The van der Waals surface area contributed by atoms with E-state index in [1.807, 2.05) is 6.92 Å². The minimum atomic E-state index is -1.07. The van der Waals surface area contributed by atoms with Crippen molar-refractivity contribution in [1.29, 1.82) is 0 Å². The van der Waals surface area contributed by atoms with E-state index in [1.165, 1.54) is 7.11 Å². The molecule has 0 aromatic heterocycles. The molecule has 16 heavy (non-hydrogen) atoms. The molecule has 0 saturated heterocycles. The zero-order valence-electron chi connectivity index (χ0n) is 9.13. The summed E-state index contributed by atoms with van der Waals surface area (Å²) in [5.74, 6) is -1.58. The van der Waals surface area contributed by atoms with E-state index in [0.29, 0.717) is 15.3 Å². The highest BCUT2D eigenvalue weighted by atomic mass is 127. The number of ether oxygens (including phenoxy) is 2. The monoisotopic (exact) mass is 404 g/mol. The first kappa shape index (κ1) is 14.4. The van der Waals surface area contributed by atoms with Crippen LogP contribution in [0.5, 0.6) is 0 Å². The molecule has 1 rings (SSSR count). The number of rotatable bonds is 5. The second kappa shape index (κ2) is 5.79. The Morgan fingerprint density at radius 1 is 1.69 bits per heavy atom. The number of cyclic esters (lactones) is 1. The second-order valence-corrected chi connectivity index (χ2v) is 5.07. The number of aliphatic hydroxyl groups is 1. The molecule has 0 spiro atoms. The van der Waals surface area contributed by atoms with Gasteiger partial charge in [-0.2, -0.15) is 0 Å². The van der Waals surface area contributed by atoms with Crippen LogP contribution in [0.3, 0.4) is 0 Å². The maximum atomic E-state index is 11.7. The van der Waals surface area contributed by atoms with Gasteiger partial charge in [0.1, 0.15) is 0 Å². The van der Waals surface area contributed by atoms with E-state index in [9.17, 15) is 9.90 Å². The van der Waals surface area contributed by atoms with Crippen molar-refractivity contribution in [2.24, 2.45) is 0 Å². The summed E-state index contributed by atoms with van der Waals surface area (Å²) in [6.45, 7) is 1.94. The van der Waals surface area contributed by atoms with Crippen LogP contribution in [-0.4, -0.2) is 34.5 Å². The Kier molecular flexibility index (Phi) is 5.21. The van der Waals surface area contributed by atoms with E-state index >= 15 is 0 Å². The number of carbonyl (C=O) groups is 1. The topological polar surface area (TPSA) is 55.8 Å². The van der Waals surface area contributed by atoms with E-state index in [1.54, 1.807) is 0 Å². The van der Waals surface area contributed by atoms with Gasteiger partial charge in [0.2, 0.25) is 0 Å². The van der Waals surface area contributed by atoms with Crippen LogP contribution in [0.1, 0.15) is 19.8 Å². The molecule has 1 aliphatic heterocycles. The van der Waals surface area contributed by atoms with Crippen molar-refractivity contribution in [3.05, 3.63) is 10.1 Å². The van der Waals surface area contributed by atoms with Crippen molar-refractivity contribution < 1.29 is 19.4 Å². The van der Waals surface area contributed by atoms with Gasteiger partial charge in [0.25, 0.3) is 5.79 Å². The zero-order valence-corrected chi connectivity index (χ0v) is 12.9. The van der Waals surface area contributed by atoms with Crippen LogP contribution < -0.4 is 0 Å². The Bertz CT molecular complexity index is 312. The summed E-state index contributed by atoms with van der Waals surface area (Å²) < 4.78 is 11.4. The Balaban J connectivity index is 3.05.